The second-order valence-electron chi connectivity index (χ2n) is 5.38. The Morgan fingerprint density at radius 2 is 1.95 bits per heavy atom. The first-order chi connectivity index (χ1) is 10.1. The first kappa shape index (κ1) is 16.3. The van der Waals surface area contributed by atoms with Gasteiger partial charge in [-0.2, -0.15) is 0 Å². The Morgan fingerprint density at radius 3 is 2.67 bits per heavy atom. The molecule has 4 nitrogen and oxygen atoms in total. The summed E-state index contributed by atoms with van der Waals surface area (Å²) in [6, 6.07) is 7.48. The zero-order chi connectivity index (χ0) is 15.1. The van der Waals surface area contributed by atoms with Crippen molar-refractivity contribution in [3.05, 3.63) is 27.8 Å². The van der Waals surface area contributed by atoms with Crippen LogP contribution < -0.4 is 5.32 Å². The summed E-state index contributed by atoms with van der Waals surface area (Å²) in [5, 5.41) is 2.74. The van der Waals surface area contributed by atoms with E-state index in [1.165, 1.54) is 25.7 Å². The SMILES string of the molecule is O=C(COC(=O)CCC1CCCC1)Nc1ccccc1I. The van der Waals surface area contributed by atoms with Crippen molar-refractivity contribution in [1.82, 2.24) is 0 Å². The molecule has 2 rings (SSSR count). The topological polar surface area (TPSA) is 55.4 Å². The molecule has 1 aliphatic carbocycles. The molecule has 0 atom stereocenters. The van der Waals surface area contributed by atoms with E-state index in [1.54, 1.807) is 0 Å². The number of para-hydroxylation sites is 1. The number of hydrogen-bond acceptors (Lipinski definition) is 3. The second kappa shape index (κ2) is 8.36. The molecule has 0 spiro atoms. The highest BCUT2D eigenvalue weighted by Gasteiger charge is 2.17. The van der Waals surface area contributed by atoms with E-state index in [4.69, 9.17) is 4.74 Å². The third-order valence-electron chi connectivity index (χ3n) is 3.74. The quantitative estimate of drug-likeness (QED) is 0.584. The number of carbonyl (C=O) groups is 2. The maximum Gasteiger partial charge on any atom is 0.306 e. The van der Waals surface area contributed by atoms with Crippen LogP contribution in [0, 0.1) is 9.49 Å². The van der Waals surface area contributed by atoms with Crippen molar-refractivity contribution in [1.29, 1.82) is 0 Å². The van der Waals surface area contributed by atoms with Crippen molar-refractivity contribution < 1.29 is 14.3 Å². The highest BCUT2D eigenvalue weighted by atomic mass is 127. The number of rotatable bonds is 6. The number of ether oxygens (including phenoxy) is 1. The van der Waals surface area contributed by atoms with Gasteiger partial charge in [-0.3, -0.25) is 9.59 Å². The molecule has 1 aromatic carbocycles. The lowest BCUT2D eigenvalue weighted by Gasteiger charge is -2.09. The van der Waals surface area contributed by atoms with Crippen molar-refractivity contribution in [3.63, 3.8) is 0 Å². The Labute approximate surface area is 138 Å². The van der Waals surface area contributed by atoms with Crippen LogP contribution in [0.15, 0.2) is 24.3 Å². The molecule has 0 aromatic heterocycles. The van der Waals surface area contributed by atoms with E-state index in [1.807, 2.05) is 24.3 Å². The summed E-state index contributed by atoms with van der Waals surface area (Å²) in [6.45, 7) is -0.214. The standard InChI is InChI=1S/C16H20INO3/c17-13-7-3-4-8-14(13)18-15(19)11-21-16(20)10-9-12-5-1-2-6-12/h3-4,7-8,12H,1-2,5-6,9-11H2,(H,18,19). The zero-order valence-electron chi connectivity index (χ0n) is 11.9. The van der Waals surface area contributed by atoms with Crippen LogP contribution in [0.5, 0.6) is 0 Å². The van der Waals surface area contributed by atoms with E-state index >= 15 is 0 Å². The summed E-state index contributed by atoms with van der Waals surface area (Å²) >= 11 is 2.15. The van der Waals surface area contributed by atoms with Crippen molar-refractivity contribution in [2.75, 3.05) is 11.9 Å². The molecule has 0 unspecified atom stereocenters. The molecule has 0 bridgehead atoms. The number of carbonyl (C=O) groups excluding carboxylic acids is 2. The van der Waals surface area contributed by atoms with E-state index in [2.05, 4.69) is 27.9 Å². The Bertz CT molecular complexity index is 498. The average molecular weight is 401 g/mol. The molecule has 1 aliphatic rings. The highest BCUT2D eigenvalue weighted by molar-refractivity contribution is 14.1. The van der Waals surface area contributed by atoms with Gasteiger partial charge in [0, 0.05) is 9.99 Å². The van der Waals surface area contributed by atoms with E-state index in [9.17, 15) is 9.59 Å². The van der Waals surface area contributed by atoms with Crippen molar-refractivity contribution >= 4 is 40.2 Å². The number of anilines is 1. The van der Waals surface area contributed by atoms with E-state index in [-0.39, 0.29) is 18.5 Å². The van der Waals surface area contributed by atoms with Gasteiger partial charge in [-0.05, 0) is 47.1 Å². The predicted molar refractivity (Wildman–Crippen MR) is 89.9 cm³/mol. The number of amides is 1. The Kier molecular flexibility index (Phi) is 6.48. The fraction of sp³-hybridized carbons (Fsp3) is 0.500. The number of benzene rings is 1. The second-order valence-corrected chi connectivity index (χ2v) is 6.54. The molecule has 1 aromatic rings. The Morgan fingerprint density at radius 1 is 1.24 bits per heavy atom. The predicted octanol–water partition coefficient (Wildman–Crippen LogP) is 3.74. The lowest BCUT2D eigenvalue weighted by Crippen LogP contribution is -2.21. The largest absolute Gasteiger partial charge is 0.456 e. The third-order valence-corrected chi connectivity index (χ3v) is 4.68. The first-order valence-corrected chi connectivity index (χ1v) is 8.43. The van der Waals surface area contributed by atoms with E-state index < -0.39 is 0 Å². The maximum atomic E-state index is 11.7. The van der Waals surface area contributed by atoms with Crippen molar-refractivity contribution in [2.24, 2.45) is 5.92 Å². The number of halogens is 1. The molecule has 5 heteroatoms. The molecule has 1 fully saturated rings. The molecule has 0 heterocycles. The summed E-state index contributed by atoms with van der Waals surface area (Å²) < 4.78 is 5.98. The zero-order valence-corrected chi connectivity index (χ0v) is 14.1. The van der Waals surface area contributed by atoms with Crippen LogP contribution in [-0.4, -0.2) is 18.5 Å². The fourth-order valence-electron chi connectivity index (χ4n) is 2.59. The van der Waals surface area contributed by atoms with Gasteiger partial charge < -0.3 is 10.1 Å². The van der Waals surface area contributed by atoms with Gasteiger partial charge in [0.25, 0.3) is 5.91 Å². The van der Waals surface area contributed by atoms with Gasteiger partial charge in [0.15, 0.2) is 6.61 Å². The van der Waals surface area contributed by atoms with Crippen LogP contribution in [0.25, 0.3) is 0 Å². The van der Waals surface area contributed by atoms with Gasteiger partial charge in [0.05, 0.1) is 5.69 Å². The average Bonchev–Trinajstić information content (AvgIpc) is 2.99. The van der Waals surface area contributed by atoms with Crippen LogP contribution in [-0.2, 0) is 14.3 Å². The first-order valence-electron chi connectivity index (χ1n) is 7.35. The van der Waals surface area contributed by atoms with E-state index in [0.29, 0.717) is 12.3 Å². The summed E-state index contributed by atoms with van der Waals surface area (Å²) in [5.41, 5.74) is 0.741. The Balaban J connectivity index is 1.66. The van der Waals surface area contributed by atoms with Crippen LogP contribution in [0.1, 0.15) is 38.5 Å². The van der Waals surface area contributed by atoms with Gasteiger partial charge >= 0.3 is 5.97 Å². The highest BCUT2D eigenvalue weighted by Crippen LogP contribution is 2.28. The molecule has 0 saturated heterocycles. The Hall–Kier alpha value is -1.11. The van der Waals surface area contributed by atoms with Crippen LogP contribution in [0.3, 0.4) is 0 Å². The van der Waals surface area contributed by atoms with Gasteiger partial charge in [0.1, 0.15) is 0 Å². The van der Waals surface area contributed by atoms with Gasteiger partial charge in [-0.1, -0.05) is 37.8 Å². The molecular weight excluding hydrogens is 381 g/mol. The minimum atomic E-state index is -0.298. The summed E-state index contributed by atoms with van der Waals surface area (Å²) in [6.07, 6.45) is 6.30. The molecule has 0 aliphatic heterocycles. The van der Waals surface area contributed by atoms with Crippen molar-refractivity contribution in [3.8, 4) is 0 Å². The molecule has 1 amide bonds. The van der Waals surface area contributed by atoms with Gasteiger partial charge in [0.2, 0.25) is 0 Å². The fourth-order valence-corrected chi connectivity index (χ4v) is 3.11. The third kappa shape index (κ3) is 5.65. The van der Waals surface area contributed by atoms with Gasteiger partial charge in [-0.15, -0.1) is 0 Å². The van der Waals surface area contributed by atoms with Crippen molar-refractivity contribution in [2.45, 2.75) is 38.5 Å². The maximum absolute atomic E-state index is 11.7. The van der Waals surface area contributed by atoms with Gasteiger partial charge in [-0.25, -0.2) is 0 Å². The number of hydrogen-bond donors (Lipinski definition) is 1. The minimum Gasteiger partial charge on any atom is -0.456 e. The molecule has 1 saturated carbocycles. The minimum absolute atomic E-state index is 0.214. The van der Waals surface area contributed by atoms with E-state index in [0.717, 1.165) is 15.7 Å². The summed E-state index contributed by atoms with van der Waals surface area (Å²) in [5.74, 6) is 0.0883. The molecule has 0 radical (unpaired) electrons. The summed E-state index contributed by atoms with van der Waals surface area (Å²) in [4.78, 5) is 23.4. The van der Waals surface area contributed by atoms with Crippen LogP contribution >= 0.6 is 22.6 Å². The molecule has 21 heavy (non-hydrogen) atoms. The lowest BCUT2D eigenvalue weighted by atomic mass is 10.0. The number of esters is 1. The molecule has 1 N–H and O–H groups in total. The van der Waals surface area contributed by atoms with Crippen LogP contribution in [0.4, 0.5) is 5.69 Å². The monoisotopic (exact) mass is 401 g/mol. The lowest BCUT2D eigenvalue weighted by molar-refractivity contribution is -0.147. The van der Waals surface area contributed by atoms with Crippen LogP contribution in [0.2, 0.25) is 0 Å². The molecular formula is C16H20INO3. The molecule has 114 valence electrons. The summed E-state index contributed by atoms with van der Waals surface area (Å²) in [7, 11) is 0. The normalized spacial score (nSPS) is 14.9. The smallest absolute Gasteiger partial charge is 0.306 e. The number of nitrogens with one attached hydrogen (secondary N) is 1.